The number of piperidine rings is 1. The Kier molecular flexibility index (Phi) is 4.50. The zero-order chi connectivity index (χ0) is 17.5. The van der Waals surface area contributed by atoms with Gasteiger partial charge in [-0.2, -0.15) is 0 Å². The molecule has 0 atom stereocenters. The summed E-state index contributed by atoms with van der Waals surface area (Å²) < 4.78 is 0. The molecular formula is C21H32N2O. The number of nitrogens with zero attached hydrogens (tertiary/aromatic N) is 2. The molecule has 3 rings (SSSR count). The highest BCUT2D eigenvalue weighted by Gasteiger charge is 2.46. The third-order valence-electron chi connectivity index (χ3n) is 5.72. The average Bonchev–Trinajstić information content (AvgIpc) is 2.81. The number of fused-ring (bicyclic) bond motifs is 2. The minimum atomic E-state index is 0.0310. The summed E-state index contributed by atoms with van der Waals surface area (Å²) in [6.45, 7) is 15.1. The first kappa shape index (κ1) is 17.5. The second kappa shape index (κ2) is 6.18. The largest absolute Gasteiger partial charge is 0.311 e. The molecule has 1 spiro atoms. The molecule has 0 aromatic heterocycles. The molecule has 1 aromatic carbocycles. The van der Waals surface area contributed by atoms with E-state index in [-0.39, 0.29) is 16.7 Å². The van der Waals surface area contributed by atoms with Gasteiger partial charge in [0.05, 0.1) is 0 Å². The summed E-state index contributed by atoms with van der Waals surface area (Å²) in [5.74, 6) is 0.280. The fourth-order valence-electron chi connectivity index (χ4n) is 4.28. The van der Waals surface area contributed by atoms with Crippen LogP contribution >= 0.6 is 0 Å². The van der Waals surface area contributed by atoms with Crippen LogP contribution in [0.2, 0.25) is 0 Å². The first-order valence-corrected chi connectivity index (χ1v) is 9.38. The highest BCUT2D eigenvalue weighted by atomic mass is 16.2. The maximum atomic E-state index is 13.0. The van der Waals surface area contributed by atoms with Crippen molar-refractivity contribution >= 4 is 11.6 Å². The van der Waals surface area contributed by atoms with E-state index in [9.17, 15) is 4.79 Å². The van der Waals surface area contributed by atoms with Crippen molar-refractivity contribution < 1.29 is 4.79 Å². The van der Waals surface area contributed by atoms with E-state index >= 15 is 0 Å². The summed E-state index contributed by atoms with van der Waals surface area (Å²) in [4.78, 5) is 17.6. The van der Waals surface area contributed by atoms with Gasteiger partial charge in [0.15, 0.2) is 0 Å². The summed E-state index contributed by atoms with van der Waals surface area (Å²) in [6, 6.07) is 6.66. The second-order valence-electron chi connectivity index (χ2n) is 8.95. The molecular weight excluding hydrogens is 296 g/mol. The molecule has 132 valence electrons. The average molecular weight is 329 g/mol. The van der Waals surface area contributed by atoms with Crippen LogP contribution in [-0.4, -0.2) is 37.0 Å². The minimum Gasteiger partial charge on any atom is -0.311 e. The summed E-state index contributed by atoms with van der Waals surface area (Å²) in [5.41, 5.74) is 4.08. The molecule has 1 saturated heterocycles. The molecule has 2 heterocycles. The maximum Gasteiger partial charge on any atom is 0.227 e. The van der Waals surface area contributed by atoms with E-state index in [0.29, 0.717) is 6.42 Å². The van der Waals surface area contributed by atoms with Crippen molar-refractivity contribution in [3.05, 3.63) is 29.3 Å². The van der Waals surface area contributed by atoms with Gasteiger partial charge in [-0.15, -0.1) is 0 Å². The lowest BCUT2D eigenvalue weighted by atomic mass is 9.74. The number of amides is 1. The Balaban J connectivity index is 1.92. The van der Waals surface area contributed by atoms with Crippen molar-refractivity contribution in [2.45, 2.75) is 59.3 Å². The van der Waals surface area contributed by atoms with E-state index in [2.05, 4.69) is 62.6 Å². The quantitative estimate of drug-likeness (QED) is 0.815. The Labute approximate surface area is 147 Å². The zero-order valence-corrected chi connectivity index (χ0v) is 16.0. The summed E-state index contributed by atoms with van der Waals surface area (Å²) in [7, 11) is 0. The maximum absolute atomic E-state index is 13.0. The van der Waals surface area contributed by atoms with Gasteiger partial charge >= 0.3 is 0 Å². The normalized spacial score (nSPS) is 20.5. The van der Waals surface area contributed by atoms with Gasteiger partial charge in [-0.05, 0) is 56.4 Å². The first-order valence-electron chi connectivity index (χ1n) is 9.38. The Bertz CT molecular complexity index is 621. The van der Waals surface area contributed by atoms with Crippen LogP contribution in [0.3, 0.4) is 0 Å². The van der Waals surface area contributed by atoms with Crippen molar-refractivity contribution in [2.24, 2.45) is 5.41 Å². The van der Waals surface area contributed by atoms with E-state index < -0.39 is 0 Å². The van der Waals surface area contributed by atoms with Crippen molar-refractivity contribution in [1.29, 1.82) is 0 Å². The van der Waals surface area contributed by atoms with Crippen LogP contribution in [0, 0.1) is 12.3 Å². The van der Waals surface area contributed by atoms with Gasteiger partial charge in [-0.1, -0.05) is 45.4 Å². The number of likely N-dealkylation sites (tertiary alicyclic amines) is 1. The predicted octanol–water partition coefficient (Wildman–Crippen LogP) is 4.13. The predicted molar refractivity (Wildman–Crippen MR) is 101 cm³/mol. The molecule has 3 heteroatoms. The highest BCUT2D eigenvalue weighted by Crippen LogP contribution is 2.47. The standard InChI is InChI=1S/C21H32N2O/c1-6-22-11-9-21(10-12-22)15-23(19(24)14-20(3,4)5)18-8-7-16(2)13-17(18)21/h7-8,13H,6,9-12,14-15H2,1-5H3. The van der Waals surface area contributed by atoms with Gasteiger partial charge in [0.2, 0.25) is 5.91 Å². The number of anilines is 1. The molecule has 1 amide bonds. The summed E-state index contributed by atoms with van der Waals surface area (Å²) >= 11 is 0. The highest BCUT2D eigenvalue weighted by molar-refractivity contribution is 5.96. The fourth-order valence-corrected chi connectivity index (χ4v) is 4.28. The topological polar surface area (TPSA) is 23.6 Å². The van der Waals surface area contributed by atoms with E-state index in [1.54, 1.807) is 0 Å². The van der Waals surface area contributed by atoms with Crippen molar-refractivity contribution in [3.8, 4) is 0 Å². The van der Waals surface area contributed by atoms with E-state index in [1.807, 2.05) is 0 Å². The Morgan fingerprint density at radius 1 is 1.21 bits per heavy atom. The number of carbonyl (C=O) groups is 1. The molecule has 0 saturated carbocycles. The minimum absolute atomic E-state index is 0.0310. The van der Waals surface area contributed by atoms with Gasteiger partial charge in [0.1, 0.15) is 0 Å². The molecule has 0 aliphatic carbocycles. The molecule has 24 heavy (non-hydrogen) atoms. The van der Waals surface area contributed by atoms with Crippen LogP contribution in [0.15, 0.2) is 18.2 Å². The van der Waals surface area contributed by atoms with Crippen molar-refractivity contribution in [1.82, 2.24) is 4.90 Å². The SMILES string of the molecule is CCN1CCC2(CC1)CN(C(=O)CC(C)(C)C)c1ccc(C)cc12. The van der Waals surface area contributed by atoms with Crippen LogP contribution in [0.1, 0.15) is 58.1 Å². The van der Waals surface area contributed by atoms with Crippen molar-refractivity contribution in [3.63, 3.8) is 0 Å². The van der Waals surface area contributed by atoms with Crippen LogP contribution in [0.25, 0.3) is 0 Å². The molecule has 3 nitrogen and oxygen atoms in total. The number of hydrogen-bond donors (Lipinski definition) is 0. The van der Waals surface area contributed by atoms with Gasteiger partial charge in [-0.3, -0.25) is 4.79 Å². The third-order valence-corrected chi connectivity index (χ3v) is 5.72. The lowest BCUT2D eigenvalue weighted by Gasteiger charge is -2.39. The number of hydrogen-bond acceptors (Lipinski definition) is 2. The Hall–Kier alpha value is -1.35. The second-order valence-corrected chi connectivity index (χ2v) is 8.95. The molecule has 2 aliphatic heterocycles. The molecule has 1 fully saturated rings. The number of benzene rings is 1. The lowest BCUT2D eigenvalue weighted by Crippen LogP contribution is -2.46. The van der Waals surface area contributed by atoms with E-state index in [4.69, 9.17) is 0 Å². The Morgan fingerprint density at radius 3 is 2.46 bits per heavy atom. The molecule has 0 radical (unpaired) electrons. The molecule has 0 N–H and O–H groups in total. The zero-order valence-electron chi connectivity index (χ0n) is 16.0. The molecule has 1 aromatic rings. The molecule has 0 bridgehead atoms. The Morgan fingerprint density at radius 2 is 1.88 bits per heavy atom. The summed E-state index contributed by atoms with van der Waals surface area (Å²) in [6.07, 6.45) is 2.94. The van der Waals surface area contributed by atoms with Crippen molar-refractivity contribution in [2.75, 3.05) is 31.1 Å². The van der Waals surface area contributed by atoms with E-state index in [1.165, 1.54) is 16.8 Å². The number of rotatable bonds is 2. The van der Waals surface area contributed by atoms with Gasteiger partial charge in [0.25, 0.3) is 0 Å². The van der Waals surface area contributed by atoms with Gasteiger partial charge in [0, 0.05) is 24.1 Å². The lowest BCUT2D eigenvalue weighted by molar-refractivity contribution is -0.120. The number of carbonyl (C=O) groups excluding carboxylic acids is 1. The molecule has 2 aliphatic rings. The monoisotopic (exact) mass is 328 g/mol. The van der Waals surface area contributed by atoms with Crippen LogP contribution in [-0.2, 0) is 10.2 Å². The van der Waals surface area contributed by atoms with Crippen LogP contribution in [0.4, 0.5) is 5.69 Å². The smallest absolute Gasteiger partial charge is 0.227 e. The van der Waals surface area contributed by atoms with Crippen LogP contribution in [0.5, 0.6) is 0 Å². The number of aryl methyl sites for hydroxylation is 1. The third kappa shape index (κ3) is 3.23. The van der Waals surface area contributed by atoms with Gasteiger partial charge in [-0.25, -0.2) is 0 Å². The first-order chi connectivity index (χ1) is 11.2. The summed E-state index contributed by atoms with van der Waals surface area (Å²) in [5, 5.41) is 0. The van der Waals surface area contributed by atoms with Crippen LogP contribution < -0.4 is 4.90 Å². The van der Waals surface area contributed by atoms with Gasteiger partial charge < -0.3 is 9.80 Å². The molecule has 0 unspecified atom stereocenters. The van der Waals surface area contributed by atoms with E-state index in [0.717, 1.165) is 39.0 Å². The fraction of sp³-hybridized carbons (Fsp3) is 0.667.